The third-order valence-corrected chi connectivity index (χ3v) is 5.80. The molecule has 1 aromatic carbocycles. The van der Waals surface area contributed by atoms with Gasteiger partial charge in [0.15, 0.2) is 5.17 Å². The Kier molecular flexibility index (Phi) is 12.0. The number of hydrazone groups is 2. The van der Waals surface area contributed by atoms with Crippen LogP contribution in [0, 0.1) is 0 Å². The molecular formula is C18H24CuN7S3. The van der Waals surface area contributed by atoms with Crippen molar-refractivity contribution >= 4 is 67.7 Å². The summed E-state index contributed by atoms with van der Waals surface area (Å²) in [6.07, 6.45) is 4.47. The van der Waals surface area contributed by atoms with E-state index in [-0.39, 0.29) is 17.1 Å². The van der Waals surface area contributed by atoms with Crippen LogP contribution in [0.4, 0.5) is 0 Å². The first-order valence-corrected chi connectivity index (χ1v) is 11.1. The molecule has 2 N–H and O–H groups in total. The number of benzene rings is 1. The molecule has 2 aromatic rings. The Morgan fingerprint density at radius 2 is 1.93 bits per heavy atom. The number of nitrogens with zero attached hydrogens (tertiary/aromatic N) is 5. The smallest absolute Gasteiger partial charge is 0.741 e. The van der Waals surface area contributed by atoms with E-state index < -0.39 is 0 Å². The van der Waals surface area contributed by atoms with Gasteiger partial charge in [0.25, 0.3) is 0 Å². The Bertz CT molecular complexity index is 873. The number of hydrogen-bond donors (Lipinski definition) is 2. The van der Waals surface area contributed by atoms with E-state index in [9.17, 15) is 0 Å². The summed E-state index contributed by atoms with van der Waals surface area (Å²) in [6, 6.07) is 8.20. The van der Waals surface area contributed by atoms with Gasteiger partial charge in [-0.3, -0.25) is 20.8 Å². The zero-order valence-electron chi connectivity index (χ0n) is 16.7. The molecule has 0 bridgehead atoms. The molecule has 11 heteroatoms. The molecule has 29 heavy (non-hydrogen) atoms. The number of amidine groups is 2. The van der Waals surface area contributed by atoms with Crippen LogP contribution >= 0.6 is 23.1 Å². The van der Waals surface area contributed by atoms with Crippen LogP contribution in [0.1, 0.15) is 24.8 Å². The first-order chi connectivity index (χ1) is 13.6. The topological polar surface area (TPSA) is 86.4 Å². The molecule has 0 unspecified atom stereocenters. The number of thioether (sulfide) groups is 1. The Hall–Kier alpha value is -1.52. The minimum absolute atomic E-state index is 0. The van der Waals surface area contributed by atoms with Crippen molar-refractivity contribution in [2.24, 2.45) is 20.2 Å². The van der Waals surface area contributed by atoms with E-state index in [1.165, 1.54) is 16.5 Å². The van der Waals surface area contributed by atoms with Gasteiger partial charge < -0.3 is 12.6 Å². The van der Waals surface area contributed by atoms with Crippen LogP contribution in [0.2, 0.25) is 0 Å². The van der Waals surface area contributed by atoms with Gasteiger partial charge in [0, 0.05) is 14.1 Å². The summed E-state index contributed by atoms with van der Waals surface area (Å²) in [4.78, 5) is 12.7. The van der Waals surface area contributed by atoms with Crippen molar-refractivity contribution in [3.05, 3.63) is 29.3 Å². The average Bonchev–Trinajstić information content (AvgIpc) is 3.13. The Balaban J connectivity index is 0.00000420. The van der Waals surface area contributed by atoms with Gasteiger partial charge in [-0.05, 0) is 49.7 Å². The van der Waals surface area contributed by atoms with Crippen molar-refractivity contribution in [2.45, 2.75) is 26.2 Å². The quantitative estimate of drug-likeness (QED) is 0.201. The van der Waals surface area contributed by atoms with Crippen LogP contribution in [0.25, 0.3) is 10.2 Å². The third kappa shape index (κ3) is 8.39. The molecular weight excluding hydrogens is 474 g/mol. The molecule has 0 amide bonds. The van der Waals surface area contributed by atoms with Crippen LogP contribution in [0.5, 0.6) is 0 Å². The largest absolute Gasteiger partial charge is 1.00 e. The maximum absolute atomic E-state index is 5.06. The molecule has 0 saturated heterocycles. The van der Waals surface area contributed by atoms with Crippen LogP contribution in [-0.2, 0) is 36.1 Å². The van der Waals surface area contributed by atoms with E-state index in [1.54, 1.807) is 25.4 Å². The van der Waals surface area contributed by atoms with Gasteiger partial charge in [-0.15, -0.1) is 11.3 Å². The van der Waals surface area contributed by atoms with E-state index >= 15 is 0 Å². The van der Waals surface area contributed by atoms with Crippen LogP contribution in [-0.4, -0.2) is 47.1 Å². The summed E-state index contributed by atoms with van der Waals surface area (Å²) in [6.45, 7) is 1.91. The third-order valence-electron chi connectivity index (χ3n) is 3.77. The Morgan fingerprint density at radius 3 is 2.59 bits per heavy atom. The molecule has 0 atom stereocenters. The number of aryl methyl sites for hydroxylation is 1. The van der Waals surface area contributed by atoms with Gasteiger partial charge in [-0.1, -0.05) is 23.9 Å². The maximum atomic E-state index is 5.06. The number of thiazole rings is 1. The zero-order valence-corrected chi connectivity index (χ0v) is 20.1. The van der Waals surface area contributed by atoms with Crippen molar-refractivity contribution in [1.29, 1.82) is 0 Å². The summed E-state index contributed by atoms with van der Waals surface area (Å²) in [5.74, 6) is 0. The molecule has 1 heterocycles. The molecule has 1 aromatic heterocycles. The Labute approximate surface area is 195 Å². The number of aliphatic imine (C=N–C) groups is 2. The van der Waals surface area contributed by atoms with E-state index in [2.05, 4.69) is 42.1 Å². The van der Waals surface area contributed by atoms with Crippen molar-refractivity contribution in [2.75, 3.05) is 20.4 Å². The molecule has 0 saturated carbocycles. The van der Waals surface area contributed by atoms with Gasteiger partial charge in [-0.25, -0.2) is 4.98 Å². The predicted octanol–water partition coefficient (Wildman–Crippen LogP) is 3.41. The summed E-state index contributed by atoms with van der Waals surface area (Å²) in [7, 11) is 3.35. The molecule has 0 aliphatic carbocycles. The number of aromatic nitrogens is 1. The van der Waals surface area contributed by atoms with E-state index in [4.69, 9.17) is 12.6 Å². The molecule has 160 valence electrons. The molecule has 0 spiro atoms. The van der Waals surface area contributed by atoms with E-state index in [1.807, 2.05) is 31.4 Å². The molecule has 0 fully saturated rings. The fourth-order valence-electron chi connectivity index (χ4n) is 2.30. The van der Waals surface area contributed by atoms with Gasteiger partial charge in [0.2, 0.25) is 0 Å². The SMILES string of the molecule is CN=C([S-])N/N=C(CCCc1nc2ccccc2s1)/C(C)=N/NC(=NC)SC.[Cu+]. The van der Waals surface area contributed by atoms with Gasteiger partial charge >= 0.3 is 17.1 Å². The summed E-state index contributed by atoms with van der Waals surface area (Å²) < 4.78 is 1.22. The minimum Gasteiger partial charge on any atom is -0.741 e. The minimum atomic E-state index is 0. The zero-order chi connectivity index (χ0) is 20.4. The molecule has 2 rings (SSSR count). The van der Waals surface area contributed by atoms with Crippen molar-refractivity contribution < 1.29 is 17.1 Å². The van der Waals surface area contributed by atoms with Crippen LogP contribution < -0.4 is 10.9 Å². The van der Waals surface area contributed by atoms with Crippen LogP contribution in [0.15, 0.2) is 44.5 Å². The van der Waals surface area contributed by atoms with E-state index in [0.29, 0.717) is 5.17 Å². The monoisotopic (exact) mass is 497 g/mol. The fraction of sp³-hybridized carbons (Fsp3) is 0.389. The Morgan fingerprint density at radius 1 is 1.17 bits per heavy atom. The summed E-state index contributed by atoms with van der Waals surface area (Å²) >= 11 is 8.29. The van der Waals surface area contributed by atoms with Gasteiger partial charge in [0.05, 0.1) is 26.6 Å². The number of rotatable bonds is 7. The number of hydrogen-bond acceptors (Lipinski definition) is 8. The van der Waals surface area contributed by atoms with Crippen molar-refractivity contribution in [3.63, 3.8) is 0 Å². The summed E-state index contributed by atoms with van der Waals surface area (Å²) in [5.41, 5.74) is 8.39. The predicted molar refractivity (Wildman–Crippen MR) is 127 cm³/mol. The standard InChI is InChI=1S/C18H25N7S3.Cu/c1-12(22-25-18(20-3)27-4)13(23-24-17(26)19-2)9-7-11-16-21-14-8-5-6-10-15(14)28-16;/h5-6,8,10H,7,9,11H2,1-4H3,(H,20,25)(H2,19,24,26);/q;+1/p-1/b22-12+,23-13+;. The van der Waals surface area contributed by atoms with Crippen molar-refractivity contribution in [1.82, 2.24) is 15.8 Å². The van der Waals surface area contributed by atoms with E-state index in [0.717, 1.165) is 46.4 Å². The number of nitrogens with one attached hydrogen (secondary N) is 2. The number of para-hydroxylation sites is 1. The maximum Gasteiger partial charge on any atom is 1.00 e. The van der Waals surface area contributed by atoms with Crippen molar-refractivity contribution in [3.8, 4) is 0 Å². The second kappa shape index (κ2) is 13.7. The molecule has 0 radical (unpaired) electrons. The molecule has 0 aliphatic heterocycles. The second-order valence-electron chi connectivity index (χ2n) is 5.67. The first-order valence-electron chi connectivity index (χ1n) is 8.69. The van der Waals surface area contributed by atoms with Gasteiger partial charge in [-0.2, -0.15) is 10.2 Å². The van der Waals surface area contributed by atoms with Gasteiger partial charge in [0.1, 0.15) is 0 Å². The van der Waals surface area contributed by atoms with Crippen LogP contribution in [0.3, 0.4) is 0 Å². The number of fused-ring (bicyclic) bond motifs is 1. The normalized spacial score (nSPS) is 13.4. The molecule has 0 aliphatic rings. The molecule has 7 nitrogen and oxygen atoms in total. The second-order valence-corrected chi connectivity index (χ2v) is 7.97. The fourth-order valence-corrected chi connectivity index (χ4v) is 3.67. The average molecular weight is 498 g/mol. The summed E-state index contributed by atoms with van der Waals surface area (Å²) in [5, 5.41) is 11.0. The first kappa shape index (κ1) is 25.5.